The van der Waals surface area contributed by atoms with Gasteiger partial charge in [-0.3, -0.25) is 9.69 Å². The van der Waals surface area contributed by atoms with Crippen molar-refractivity contribution >= 4 is 23.3 Å². The fourth-order valence-corrected chi connectivity index (χ4v) is 6.89. The lowest BCUT2D eigenvalue weighted by atomic mass is 9.86. The molecular weight excluding hydrogens is 470 g/mol. The Morgan fingerprint density at radius 2 is 2.00 bits per heavy atom. The van der Waals surface area contributed by atoms with E-state index in [1.54, 1.807) is 11.8 Å². The number of fused-ring (bicyclic) bond motifs is 2. The number of aryl methyl sites for hydroxylation is 1. The van der Waals surface area contributed by atoms with Crippen LogP contribution in [-0.4, -0.2) is 60.5 Å². The summed E-state index contributed by atoms with van der Waals surface area (Å²) in [5.74, 6) is 2.42. The number of nitrogens with zero attached hydrogens (tertiary/aromatic N) is 1. The van der Waals surface area contributed by atoms with E-state index in [1.165, 1.54) is 43.2 Å². The van der Waals surface area contributed by atoms with Gasteiger partial charge in [0.15, 0.2) is 5.44 Å². The van der Waals surface area contributed by atoms with E-state index >= 15 is 0 Å². The molecule has 1 saturated heterocycles. The van der Waals surface area contributed by atoms with Crippen LogP contribution in [0.25, 0.3) is 5.57 Å². The monoisotopic (exact) mass is 515 g/mol. The van der Waals surface area contributed by atoms with Crippen molar-refractivity contribution in [1.29, 1.82) is 0 Å². The van der Waals surface area contributed by atoms with Crippen LogP contribution in [0.15, 0.2) is 23.8 Å². The average Bonchev–Trinajstić information content (AvgIpc) is 3.28. The molecule has 3 aliphatic heterocycles. The van der Waals surface area contributed by atoms with Gasteiger partial charge in [-0.2, -0.15) is 0 Å². The second kappa shape index (κ2) is 12.8. The molecule has 3 heterocycles. The highest BCUT2D eigenvalue weighted by atomic mass is 32.2. The molecule has 5 nitrogen and oxygen atoms in total. The van der Waals surface area contributed by atoms with Gasteiger partial charge < -0.3 is 14.2 Å². The fourth-order valence-electron chi connectivity index (χ4n) is 5.46. The third-order valence-corrected chi connectivity index (χ3v) is 8.88. The summed E-state index contributed by atoms with van der Waals surface area (Å²) in [5, 5.41) is 0. The van der Waals surface area contributed by atoms with Gasteiger partial charge in [-0.05, 0) is 62.8 Å². The first-order valence-corrected chi connectivity index (χ1v) is 15.1. The molecule has 0 spiro atoms. The van der Waals surface area contributed by atoms with Crippen LogP contribution in [0.3, 0.4) is 0 Å². The molecule has 2 atom stereocenters. The van der Waals surface area contributed by atoms with E-state index in [-0.39, 0.29) is 17.0 Å². The van der Waals surface area contributed by atoms with Gasteiger partial charge in [0.25, 0.3) is 0 Å². The molecule has 0 N–H and O–H groups in total. The summed E-state index contributed by atoms with van der Waals surface area (Å²) in [6, 6.07) is 6.67. The van der Waals surface area contributed by atoms with Gasteiger partial charge in [0.05, 0.1) is 13.2 Å². The van der Waals surface area contributed by atoms with E-state index in [0.717, 1.165) is 74.2 Å². The Balaban J connectivity index is 1.37. The first-order valence-electron chi connectivity index (χ1n) is 14.0. The molecule has 1 aromatic carbocycles. The highest BCUT2D eigenvalue weighted by Crippen LogP contribution is 2.51. The van der Waals surface area contributed by atoms with Gasteiger partial charge in [0.1, 0.15) is 11.4 Å². The molecule has 6 heteroatoms. The summed E-state index contributed by atoms with van der Waals surface area (Å²) in [7, 11) is 0. The summed E-state index contributed by atoms with van der Waals surface area (Å²) in [6.45, 7) is 13.3. The van der Waals surface area contributed by atoms with Crippen LogP contribution in [0.2, 0.25) is 0 Å². The molecule has 1 aromatic rings. The predicted molar refractivity (Wildman–Crippen MR) is 149 cm³/mol. The van der Waals surface area contributed by atoms with E-state index in [1.807, 2.05) is 0 Å². The Morgan fingerprint density at radius 3 is 2.78 bits per heavy atom. The van der Waals surface area contributed by atoms with Crippen molar-refractivity contribution in [1.82, 2.24) is 4.90 Å². The third kappa shape index (κ3) is 7.08. The van der Waals surface area contributed by atoms with E-state index in [0.29, 0.717) is 6.42 Å². The van der Waals surface area contributed by atoms with Crippen LogP contribution < -0.4 is 4.74 Å². The molecule has 4 rings (SSSR count). The topological polar surface area (TPSA) is 48.0 Å². The predicted octanol–water partition coefficient (Wildman–Crippen LogP) is 6.49. The number of hydrogen-bond acceptors (Lipinski definition) is 6. The number of thioether (sulfide) groups is 1. The van der Waals surface area contributed by atoms with Gasteiger partial charge in [-0.1, -0.05) is 51.7 Å². The minimum atomic E-state index is -0.390. The highest BCUT2D eigenvalue weighted by molar-refractivity contribution is 8.00. The summed E-state index contributed by atoms with van der Waals surface area (Å²) >= 11 is 1.71. The van der Waals surface area contributed by atoms with Crippen LogP contribution >= 0.6 is 11.8 Å². The van der Waals surface area contributed by atoms with Crippen molar-refractivity contribution in [2.45, 2.75) is 90.1 Å². The maximum Gasteiger partial charge on any atom is 0.307 e. The van der Waals surface area contributed by atoms with Gasteiger partial charge in [-0.25, -0.2) is 0 Å². The number of esters is 1. The van der Waals surface area contributed by atoms with Gasteiger partial charge >= 0.3 is 5.97 Å². The van der Waals surface area contributed by atoms with E-state index < -0.39 is 0 Å². The fraction of sp³-hybridized carbons (Fsp3) is 0.700. The molecule has 0 amide bonds. The molecule has 0 aliphatic carbocycles. The smallest absolute Gasteiger partial charge is 0.307 e. The van der Waals surface area contributed by atoms with Crippen molar-refractivity contribution < 1.29 is 19.0 Å². The minimum Gasteiger partial charge on any atom is -0.483 e. The quantitative estimate of drug-likeness (QED) is 0.234. The lowest BCUT2D eigenvalue weighted by Crippen LogP contribution is -2.37. The second-order valence-electron chi connectivity index (χ2n) is 11.2. The number of carbonyl (C=O) groups is 1. The summed E-state index contributed by atoms with van der Waals surface area (Å²) in [4.78, 5) is 15.1. The Morgan fingerprint density at radius 1 is 1.19 bits per heavy atom. The third-order valence-electron chi connectivity index (χ3n) is 7.79. The lowest BCUT2D eigenvalue weighted by molar-refractivity contribution is -0.143. The Bertz CT molecular complexity index is 922. The molecule has 2 unspecified atom stereocenters. The minimum absolute atomic E-state index is 0.103. The number of hydrogen-bond donors (Lipinski definition) is 0. The van der Waals surface area contributed by atoms with Crippen LogP contribution in [-0.2, 0) is 20.7 Å². The zero-order valence-electron chi connectivity index (χ0n) is 22.8. The molecule has 1 fully saturated rings. The molecule has 0 radical (unpaired) electrons. The number of ether oxygens (including phenoxy) is 3. The van der Waals surface area contributed by atoms with Crippen molar-refractivity contribution in [3.8, 4) is 5.75 Å². The van der Waals surface area contributed by atoms with Gasteiger partial charge in [-0.15, -0.1) is 11.8 Å². The normalized spacial score (nSPS) is 22.1. The molecular formula is C30H45NO4S. The van der Waals surface area contributed by atoms with Gasteiger partial charge in [0, 0.05) is 36.4 Å². The molecule has 0 saturated carbocycles. The number of morpholine rings is 1. The molecule has 0 bridgehead atoms. The maximum atomic E-state index is 12.8. The van der Waals surface area contributed by atoms with Crippen LogP contribution in [0.4, 0.5) is 0 Å². The number of rotatable bonds is 12. The largest absolute Gasteiger partial charge is 0.483 e. The van der Waals surface area contributed by atoms with Crippen molar-refractivity contribution in [3.05, 3.63) is 34.9 Å². The average molecular weight is 516 g/mol. The SMILES string of the molecule is CCCCCC(C)CCc1ccc2c(c1)OC(C)(C)C1=C2C(OC(=O)CCCN2CCOCC2)SC1. The van der Waals surface area contributed by atoms with E-state index in [2.05, 4.69) is 50.8 Å². The molecule has 36 heavy (non-hydrogen) atoms. The Labute approximate surface area is 222 Å². The molecule has 0 aromatic heterocycles. The maximum absolute atomic E-state index is 12.8. The summed E-state index contributed by atoms with van der Waals surface area (Å²) in [6.07, 6.45) is 8.84. The molecule has 200 valence electrons. The van der Waals surface area contributed by atoms with Gasteiger partial charge in [0.2, 0.25) is 0 Å². The summed E-state index contributed by atoms with van der Waals surface area (Å²) in [5.41, 5.74) is 4.20. The van der Waals surface area contributed by atoms with Crippen molar-refractivity contribution in [3.63, 3.8) is 0 Å². The summed E-state index contributed by atoms with van der Waals surface area (Å²) < 4.78 is 18.0. The van der Waals surface area contributed by atoms with Crippen LogP contribution in [0, 0.1) is 5.92 Å². The van der Waals surface area contributed by atoms with Crippen LogP contribution in [0.5, 0.6) is 5.75 Å². The Hall–Kier alpha value is -1.50. The van der Waals surface area contributed by atoms with Crippen molar-refractivity contribution in [2.75, 3.05) is 38.6 Å². The second-order valence-corrected chi connectivity index (χ2v) is 12.2. The van der Waals surface area contributed by atoms with E-state index in [4.69, 9.17) is 14.2 Å². The lowest BCUT2D eigenvalue weighted by Gasteiger charge is -2.35. The standard InChI is InChI=1S/C30H45NO4S/c1-5-6-7-9-22(2)11-12-23-13-14-24-26(20-23)35-30(3,4)25-21-36-29(28(24)25)34-27(32)10-8-15-31-16-18-33-19-17-31/h13-14,20,22,29H,5-12,15-19,21H2,1-4H3. The number of unbranched alkanes of at least 4 members (excludes halogenated alkanes) is 2. The van der Waals surface area contributed by atoms with Crippen molar-refractivity contribution in [2.24, 2.45) is 5.92 Å². The van der Waals surface area contributed by atoms with E-state index in [9.17, 15) is 4.79 Å². The first kappa shape index (κ1) is 27.5. The van der Waals surface area contributed by atoms with Crippen LogP contribution in [0.1, 0.15) is 83.8 Å². The zero-order chi connectivity index (χ0) is 25.5. The molecule has 3 aliphatic rings. The first-order chi connectivity index (χ1) is 17.4. The number of benzene rings is 1. The highest BCUT2D eigenvalue weighted by Gasteiger charge is 2.43. The number of carbonyl (C=O) groups excluding carboxylic acids is 1. The zero-order valence-corrected chi connectivity index (χ0v) is 23.6. The Kier molecular flexibility index (Phi) is 9.82.